The van der Waals surface area contributed by atoms with Crippen molar-refractivity contribution in [3.05, 3.63) is 106 Å². The van der Waals surface area contributed by atoms with Crippen LogP contribution in [0.1, 0.15) is 34.7 Å². The molecule has 2 fully saturated rings. The first-order chi connectivity index (χ1) is 20.4. The molecule has 0 amide bonds. The second kappa shape index (κ2) is 11.4. The first-order valence-corrected chi connectivity index (χ1v) is 14.2. The van der Waals surface area contributed by atoms with Crippen molar-refractivity contribution in [3.8, 4) is 11.4 Å². The number of rotatable bonds is 7. The van der Waals surface area contributed by atoms with Gasteiger partial charge in [0.2, 0.25) is 0 Å². The van der Waals surface area contributed by atoms with Crippen LogP contribution in [0.25, 0.3) is 5.69 Å². The van der Waals surface area contributed by atoms with E-state index in [4.69, 9.17) is 21.7 Å². The molecule has 0 saturated carbocycles. The molecule has 2 aliphatic rings. The van der Waals surface area contributed by atoms with Gasteiger partial charge >= 0.3 is 0 Å². The summed E-state index contributed by atoms with van der Waals surface area (Å²) in [7, 11) is 1.57. The fraction of sp³-hybridized carbons (Fsp3) is 0.290. The SMILES string of the molecule is COc1ccc([N+](=O)[O-])cc1-n1c(C)cc([C@H]2[C@H](c3ccccn3)NC(=S)N2c2ccc(N3CCOCC3)cc2)c1C. The number of nitrogens with one attached hydrogen (secondary N) is 1. The minimum Gasteiger partial charge on any atom is -0.495 e. The third-order valence-electron chi connectivity index (χ3n) is 8.01. The minimum atomic E-state index is -0.392. The van der Waals surface area contributed by atoms with Gasteiger partial charge in [-0.15, -0.1) is 0 Å². The summed E-state index contributed by atoms with van der Waals surface area (Å²) in [5, 5.41) is 15.8. The molecule has 2 aliphatic heterocycles. The van der Waals surface area contributed by atoms with Crippen LogP contribution in [-0.2, 0) is 4.74 Å². The molecule has 11 heteroatoms. The molecule has 42 heavy (non-hydrogen) atoms. The Kier molecular flexibility index (Phi) is 7.53. The van der Waals surface area contributed by atoms with E-state index >= 15 is 0 Å². The van der Waals surface area contributed by atoms with E-state index in [0.717, 1.165) is 60.3 Å². The van der Waals surface area contributed by atoms with Gasteiger partial charge in [0.1, 0.15) is 5.75 Å². The molecular weight excluding hydrogens is 552 g/mol. The van der Waals surface area contributed by atoms with Gasteiger partial charge in [-0.2, -0.15) is 0 Å². The largest absolute Gasteiger partial charge is 0.495 e. The van der Waals surface area contributed by atoms with Crippen molar-refractivity contribution < 1.29 is 14.4 Å². The van der Waals surface area contributed by atoms with Gasteiger partial charge in [0, 0.05) is 54.2 Å². The summed E-state index contributed by atoms with van der Waals surface area (Å²) in [6, 6.07) is 20.7. The Hall–Kier alpha value is -4.48. The average molecular weight is 585 g/mol. The van der Waals surface area contributed by atoms with Crippen LogP contribution in [0.2, 0.25) is 0 Å². The Morgan fingerprint density at radius 1 is 1.05 bits per heavy atom. The molecule has 6 rings (SSSR count). The van der Waals surface area contributed by atoms with E-state index in [0.29, 0.717) is 16.5 Å². The van der Waals surface area contributed by atoms with E-state index < -0.39 is 4.92 Å². The number of methoxy groups -OCH3 is 1. The fourth-order valence-corrected chi connectivity index (χ4v) is 6.36. The number of pyridine rings is 1. The van der Waals surface area contributed by atoms with E-state index in [-0.39, 0.29) is 17.8 Å². The van der Waals surface area contributed by atoms with Crippen molar-refractivity contribution in [1.82, 2.24) is 14.9 Å². The number of nitro benzene ring substituents is 1. The highest BCUT2D eigenvalue weighted by molar-refractivity contribution is 7.80. The summed E-state index contributed by atoms with van der Waals surface area (Å²) in [5.41, 5.74) is 6.46. The number of aryl methyl sites for hydroxylation is 1. The minimum absolute atomic E-state index is 0.00286. The average Bonchev–Trinajstić information content (AvgIpc) is 3.52. The lowest BCUT2D eigenvalue weighted by molar-refractivity contribution is -0.384. The highest BCUT2D eigenvalue weighted by Gasteiger charge is 2.42. The van der Waals surface area contributed by atoms with Crippen LogP contribution in [0.4, 0.5) is 17.1 Å². The highest BCUT2D eigenvalue weighted by atomic mass is 32.1. The first kappa shape index (κ1) is 27.7. The number of benzene rings is 2. The lowest BCUT2D eigenvalue weighted by Crippen LogP contribution is -2.36. The number of ether oxygens (including phenoxy) is 2. The number of anilines is 2. The van der Waals surface area contributed by atoms with Crippen molar-refractivity contribution in [3.63, 3.8) is 0 Å². The monoisotopic (exact) mass is 584 g/mol. The molecule has 0 radical (unpaired) electrons. The molecule has 0 unspecified atom stereocenters. The summed E-state index contributed by atoms with van der Waals surface area (Å²) in [6.07, 6.45) is 1.79. The van der Waals surface area contributed by atoms with E-state index in [1.54, 1.807) is 25.4 Å². The van der Waals surface area contributed by atoms with Crippen LogP contribution in [0, 0.1) is 24.0 Å². The van der Waals surface area contributed by atoms with Crippen LogP contribution in [0.5, 0.6) is 5.75 Å². The standard InChI is InChI=1S/C31H32N6O4S/c1-20-18-25(21(2)35(20)27-19-24(37(38)39)11-12-28(27)40-3)30-29(26-6-4-5-13-32-26)33-31(42)36(30)23-9-7-22(8-10-23)34-14-16-41-17-15-34/h4-13,18-19,29-30H,14-17H2,1-3H3,(H,33,42)/t29-,30-/m0/s1. The Morgan fingerprint density at radius 3 is 2.45 bits per heavy atom. The first-order valence-electron chi connectivity index (χ1n) is 13.8. The van der Waals surface area contributed by atoms with Crippen LogP contribution in [-0.4, -0.2) is 53.0 Å². The van der Waals surface area contributed by atoms with Crippen molar-refractivity contribution in [1.29, 1.82) is 0 Å². The highest BCUT2D eigenvalue weighted by Crippen LogP contribution is 2.44. The molecule has 4 heterocycles. The van der Waals surface area contributed by atoms with E-state index in [1.165, 1.54) is 6.07 Å². The number of hydrogen-bond donors (Lipinski definition) is 1. The van der Waals surface area contributed by atoms with E-state index in [1.807, 2.05) is 36.6 Å². The number of morpholine rings is 1. The van der Waals surface area contributed by atoms with Gasteiger partial charge in [-0.05, 0) is 80.2 Å². The second-order valence-corrected chi connectivity index (χ2v) is 10.8. The summed E-state index contributed by atoms with van der Waals surface area (Å²) in [4.78, 5) is 20.4. The Balaban J connectivity index is 1.46. The van der Waals surface area contributed by atoms with Crippen molar-refractivity contribution in [2.45, 2.75) is 25.9 Å². The molecule has 0 aliphatic carbocycles. The summed E-state index contributed by atoms with van der Waals surface area (Å²) < 4.78 is 13.2. The Morgan fingerprint density at radius 2 is 1.79 bits per heavy atom. The molecule has 2 saturated heterocycles. The summed E-state index contributed by atoms with van der Waals surface area (Å²) in [5.74, 6) is 0.547. The molecule has 1 N–H and O–H groups in total. The summed E-state index contributed by atoms with van der Waals surface area (Å²) in [6.45, 7) is 7.19. The number of thiocarbonyl (C=S) groups is 1. The van der Waals surface area contributed by atoms with Crippen molar-refractivity contribution >= 4 is 34.4 Å². The van der Waals surface area contributed by atoms with Gasteiger partial charge < -0.3 is 29.2 Å². The lowest BCUT2D eigenvalue weighted by atomic mass is 9.96. The zero-order valence-corrected chi connectivity index (χ0v) is 24.5. The Bertz CT molecular complexity index is 1620. The van der Waals surface area contributed by atoms with Gasteiger partial charge in [-0.25, -0.2) is 0 Å². The normalized spacial score (nSPS) is 18.7. The fourth-order valence-electron chi connectivity index (χ4n) is 6.02. The van der Waals surface area contributed by atoms with Gasteiger partial charge in [0.25, 0.3) is 5.69 Å². The van der Waals surface area contributed by atoms with Crippen LogP contribution < -0.4 is 19.9 Å². The van der Waals surface area contributed by atoms with Crippen molar-refractivity contribution in [2.75, 3.05) is 43.2 Å². The topological polar surface area (TPSA) is 97.9 Å². The molecule has 216 valence electrons. The maximum atomic E-state index is 11.6. The van der Waals surface area contributed by atoms with E-state index in [9.17, 15) is 10.1 Å². The molecule has 2 aromatic heterocycles. The number of hydrogen-bond acceptors (Lipinski definition) is 7. The zero-order chi connectivity index (χ0) is 29.4. The maximum Gasteiger partial charge on any atom is 0.271 e. The van der Waals surface area contributed by atoms with Crippen LogP contribution in [0.3, 0.4) is 0 Å². The second-order valence-electron chi connectivity index (χ2n) is 10.4. The number of nitrogens with zero attached hydrogens (tertiary/aromatic N) is 5. The molecular formula is C31H32N6O4S. The maximum absolute atomic E-state index is 11.6. The van der Waals surface area contributed by atoms with Gasteiger partial charge in [-0.1, -0.05) is 6.07 Å². The third-order valence-corrected chi connectivity index (χ3v) is 8.32. The number of nitro groups is 1. The molecule has 2 atom stereocenters. The number of aromatic nitrogens is 2. The quantitative estimate of drug-likeness (QED) is 0.173. The predicted octanol–water partition coefficient (Wildman–Crippen LogP) is 5.42. The Labute approximate surface area is 249 Å². The smallest absolute Gasteiger partial charge is 0.271 e. The summed E-state index contributed by atoms with van der Waals surface area (Å²) >= 11 is 5.95. The lowest BCUT2D eigenvalue weighted by Gasteiger charge is -2.31. The molecule has 0 spiro atoms. The van der Waals surface area contributed by atoms with Crippen molar-refractivity contribution in [2.24, 2.45) is 0 Å². The molecule has 4 aromatic rings. The van der Waals surface area contributed by atoms with Crippen LogP contribution in [0.15, 0.2) is 72.9 Å². The molecule has 2 aromatic carbocycles. The van der Waals surface area contributed by atoms with Crippen LogP contribution >= 0.6 is 12.2 Å². The van der Waals surface area contributed by atoms with Gasteiger partial charge in [-0.3, -0.25) is 15.1 Å². The van der Waals surface area contributed by atoms with Gasteiger partial charge in [0.15, 0.2) is 5.11 Å². The zero-order valence-electron chi connectivity index (χ0n) is 23.7. The predicted molar refractivity (Wildman–Crippen MR) is 166 cm³/mol. The van der Waals surface area contributed by atoms with E-state index in [2.05, 4.69) is 50.4 Å². The number of non-ortho nitro benzene ring substituents is 1. The molecule has 0 bridgehead atoms. The molecule has 10 nitrogen and oxygen atoms in total. The van der Waals surface area contributed by atoms with Gasteiger partial charge in [0.05, 0.1) is 48.7 Å². The third kappa shape index (κ3) is 4.94.